The molecule has 0 amide bonds. The first-order chi connectivity index (χ1) is 16.2. The Hall–Kier alpha value is -3.84. The first-order valence-corrected chi connectivity index (χ1v) is 10.4. The third-order valence-electron chi connectivity index (χ3n) is 5.23. The second kappa shape index (κ2) is 9.57. The summed E-state index contributed by atoms with van der Waals surface area (Å²) in [6.07, 6.45) is -2.56. The lowest BCUT2D eigenvalue weighted by Crippen LogP contribution is -2.08. The molecule has 4 rings (SSSR count). The number of hydrogen-bond donors (Lipinski definition) is 1. The van der Waals surface area contributed by atoms with Crippen LogP contribution in [-0.2, 0) is 12.6 Å². The van der Waals surface area contributed by atoms with Gasteiger partial charge < -0.3 is 9.63 Å². The van der Waals surface area contributed by atoms with Crippen LogP contribution >= 0.6 is 0 Å². The fourth-order valence-corrected chi connectivity index (χ4v) is 3.45. The van der Waals surface area contributed by atoms with E-state index in [1.165, 1.54) is 18.5 Å². The van der Waals surface area contributed by atoms with Crippen LogP contribution in [0.3, 0.4) is 0 Å². The number of fused-ring (bicyclic) bond motifs is 1. The highest BCUT2D eigenvalue weighted by atomic mass is 19.4. The number of halogens is 3. The Kier molecular flexibility index (Phi) is 6.56. The topological polar surface area (TPSA) is 101 Å². The number of rotatable bonds is 6. The molecule has 2 aromatic heterocycles. The van der Waals surface area contributed by atoms with Crippen molar-refractivity contribution >= 4 is 17.2 Å². The van der Waals surface area contributed by atoms with Crippen LogP contribution in [0.4, 0.5) is 18.9 Å². The number of ketones is 1. The van der Waals surface area contributed by atoms with Gasteiger partial charge in [0.1, 0.15) is 29.2 Å². The molecule has 1 aliphatic rings. The third-order valence-corrected chi connectivity index (χ3v) is 5.23. The molecule has 3 heterocycles. The van der Waals surface area contributed by atoms with Gasteiger partial charge in [-0.2, -0.15) is 13.2 Å². The summed E-state index contributed by atoms with van der Waals surface area (Å²) >= 11 is 0. The highest BCUT2D eigenvalue weighted by Crippen LogP contribution is 2.36. The van der Waals surface area contributed by atoms with Gasteiger partial charge in [0.05, 0.1) is 23.6 Å². The Morgan fingerprint density at radius 2 is 2.06 bits per heavy atom. The zero-order chi connectivity index (χ0) is 24.3. The summed E-state index contributed by atoms with van der Waals surface area (Å²) in [6, 6.07) is 6.59. The third kappa shape index (κ3) is 5.21. The summed E-state index contributed by atoms with van der Waals surface area (Å²) in [4.78, 5) is 25.1. The summed E-state index contributed by atoms with van der Waals surface area (Å²) in [5.74, 6) is 5.40. The molecule has 7 nitrogen and oxygen atoms in total. The number of aliphatic hydroxyl groups excluding tert-OH is 1. The molecule has 0 saturated carbocycles. The number of nitrogens with zero attached hydrogens (tertiary/aromatic N) is 4. The largest absolute Gasteiger partial charge is 0.416 e. The molecule has 0 unspecified atom stereocenters. The van der Waals surface area contributed by atoms with Crippen molar-refractivity contribution < 1.29 is 27.6 Å². The van der Waals surface area contributed by atoms with Gasteiger partial charge in [0, 0.05) is 37.3 Å². The number of aliphatic hydroxyl groups is 1. The van der Waals surface area contributed by atoms with Crippen molar-refractivity contribution in [1.82, 2.24) is 15.1 Å². The first kappa shape index (κ1) is 23.3. The van der Waals surface area contributed by atoms with Gasteiger partial charge in [-0.15, -0.1) is 0 Å². The van der Waals surface area contributed by atoms with E-state index in [0.717, 1.165) is 12.1 Å². The summed E-state index contributed by atoms with van der Waals surface area (Å²) in [5.41, 5.74) is 1.74. The molecule has 0 aliphatic carbocycles. The fourth-order valence-electron chi connectivity index (χ4n) is 3.45. The highest BCUT2D eigenvalue weighted by molar-refractivity contribution is 6.05. The lowest BCUT2D eigenvalue weighted by molar-refractivity contribution is -0.137. The fraction of sp³-hybridized carbons (Fsp3) is 0.292. The average molecular weight is 468 g/mol. The number of aliphatic imine (C=N–C) groups is 1. The molecule has 0 saturated heterocycles. The standard InChI is InChI=1S/C24H19F3N4O3/c1-14(8-22(33)21-11-17(28-13-29-21)4-2-3-7-32)23-12-20(31-34-23)19-10-15-9-16(24(25,26)27)5-6-18(15)30-19/h5-6,9,11-14,32H,3,7-8,10H2,1H3/t14-/m0/s1. The molecule has 10 heteroatoms. The molecule has 0 fully saturated rings. The van der Waals surface area contributed by atoms with Gasteiger partial charge in [-0.1, -0.05) is 18.0 Å². The maximum Gasteiger partial charge on any atom is 0.416 e. The number of aromatic nitrogens is 3. The predicted octanol–water partition coefficient (Wildman–Crippen LogP) is 4.27. The van der Waals surface area contributed by atoms with E-state index in [-0.39, 0.29) is 36.8 Å². The molecule has 1 aromatic carbocycles. The van der Waals surface area contributed by atoms with Gasteiger partial charge in [-0.25, -0.2) is 9.97 Å². The Morgan fingerprint density at radius 3 is 2.82 bits per heavy atom. The normalized spacial score (nSPS) is 13.6. The summed E-state index contributed by atoms with van der Waals surface area (Å²) in [6.45, 7) is 1.74. The Balaban J connectivity index is 1.43. The molecule has 34 heavy (non-hydrogen) atoms. The monoisotopic (exact) mass is 468 g/mol. The Labute approximate surface area is 192 Å². The summed E-state index contributed by atoms with van der Waals surface area (Å²) < 4.78 is 44.3. The molecule has 0 radical (unpaired) electrons. The van der Waals surface area contributed by atoms with Crippen LogP contribution in [-0.4, -0.2) is 38.3 Å². The molecule has 0 spiro atoms. The second-order valence-corrected chi connectivity index (χ2v) is 7.78. The SMILES string of the molecule is C[C@@H](CC(=O)c1cc(C#CCCO)ncn1)c1cc(C2=Nc3ccc(C(F)(F)F)cc3C2)no1. The number of hydrogen-bond acceptors (Lipinski definition) is 7. The molecule has 3 aromatic rings. The van der Waals surface area contributed by atoms with Crippen molar-refractivity contribution in [2.45, 2.75) is 38.3 Å². The zero-order valence-electron chi connectivity index (χ0n) is 18.1. The van der Waals surface area contributed by atoms with Crippen molar-refractivity contribution in [2.75, 3.05) is 6.61 Å². The second-order valence-electron chi connectivity index (χ2n) is 7.78. The van der Waals surface area contributed by atoms with E-state index in [1.807, 2.05) is 0 Å². The molecular weight excluding hydrogens is 449 g/mol. The molecule has 0 bridgehead atoms. The lowest BCUT2D eigenvalue weighted by atomic mass is 9.99. The number of carbonyl (C=O) groups excluding carboxylic acids is 1. The Morgan fingerprint density at radius 1 is 1.24 bits per heavy atom. The molecule has 1 atom stereocenters. The lowest BCUT2D eigenvalue weighted by Gasteiger charge is -2.07. The minimum Gasteiger partial charge on any atom is -0.395 e. The number of Topliss-reactive ketones (excluding diaryl/α,β-unsaturated/α-hetero) is 1. The Bertz CT molecular complexity index is 1320. The predicted molar refractivity (Wildman–Crippen MR) is 116 cm³/mol. The average Bonchev–Trinajstić information content (AvgIpc) is 3.45. The minimum absolute atomic E-state index is 0.0618. The summed E-state index contributed by atoms with van der Waals surface area (Å²) in [5, 5.41) is 12.8. The van der Waals surface area contributed by atoms with Crippen molar-refractivity contribution in [1.29, 1.82) is 0 Å². The van der Waals surface area contributed by atoms with Gasteiger partial charge in [-0.3, -0.25) is 9.79 Å². The summed E-state index contributed by atoms with van der Waals surface area (Å²) in [7, 11) is 0. The van der Waals surface area contributed by atoms with Gasteiger partial charge in [0.15, 0.2) is 5.78 Å². The van der Waals surface area contributed by atoms with Gasteiger partial charge in [-0.05, 0) is 29.7 Å². The van der Waals surface area contributed by atoms with Crippen LogP contribution in [0, 0.1) is 11.8 Å². The van der Waals surface area contributed by atoms with E-state index in [1.54, 1.807) is 13.0 Å². The van der Waals surface area contributed by atoms with Crippen molar-refractivity contribution in [3.8, 4) is 11.8 Å². The van der Waals surface area contributed by atoms with Crippen LogP contribution in [0.5, 0.6) is 0 Å². The zero-order valence-corrected chi connectivity index (χ0v) is 18.1. The quantitative estimate of drug-likeness (QED) is 0.428. The van der Waals surface area contributed by atoms with Crippen LogP contribution in [0.1, 0.15) is 64.4 Å². The van der Waals surface area contributed by atoms with Gasteiger partial charge in [0.25, 0.3) is 0 Å². The number of alkyl halides is 3. The first-order valence-electron chi connectivity index (χ1n) is 10.4. The number of benzene rings is 1. The van der Waals surface area contributed by atoms with Crippen LogP contribution < -0.4 is 0 Å². The van der Waals surface area contributed by atoms with Crippen molar-refractivity contribution in [3.05, 3.63) is 70.6 Å². The molecule has 1 N–H and O–H groups in total. The maximum atomic E-state index is 13.0. The smallest absolute Gasteiger partial charge is 0.395 e. The van der Waals surface area contributed by atoms with Gasteiger partial charge in [0.2, 0.25) is 0 Å². The van der Waals surface area contributed by atoms with Crippen LogP contribution in [0.25, 0.3) is 0 Å². The van der Waals surface area contributed by atoms with E-state index in [9.17, 15) is 18.0 Å². The minimum atomic E-state index is -4.42. The van der Waals surface area contributed by atoms with E-state index < -0.39 is 11.7 Å². The van der Waals surface area contributed by atoms with Gasteiger partial charge >= 0.3 is 6.18 Å². The van der Waals surface area contributed by atoms with Crippen LogP contribution in [0.15, 0.2) is 46.2 Å². The van der Waals surface area contributed by atoms with Crippen molar-refractivity contribution in [3.63, 3.8) is 0 Å². The molecule has 174 valence electrons. The van der Waals surface area contributed by atoms with E-state index in [4.69, 9.17) is 9.63 Å². The van der Waals surface area contributed by atoms with E-state index in [2.05, 4.69) is 32.0 Å². The maximum absolute atomic E-state index is 13.0. The van der Waals surface area contributed by atoms with E-state index in [0.29, 0.717) is 40.5 Å². The van der Waals surface area contributed by atoms with Crippen LogP contribution in [0.2, 0.25) is 0 Å². The molecule has 1 aliphatic heterocycles. The number of carbonyl (C=O) groups is 1. The van der Waals surface area contributed by atoms with Crippen molar-refractivity contribution in [2.24, 2.45) is 4.99 Å². The highest BCUT2D eigenvalue weighted by Gasteiger charge is 2.32. The van der Waals surface area contributed by atoms with E-state index >= 15 is 0 Å². The molecular formula is C24H19F3N4O3.